The highest BCUT2D eigenvalue weighted by Crippen LogP contribution is 2.25. The average molecular weight is 358 g/mol. The maximum atomic E-state index is 12.0. The highest BCUT2D eigenvalue weighted by Gasteiger charge is 2.29. The lowest BCUT2D eigenvalue weighted by Crippen LogP contribution is -2.29. The van der Waals surface area contributed by atoms with Crippen molar-refractivity contribution in [1.29, 1.82) is 0 Å². The third-order valence-corrected chi connectivity index (χ3v) is 4.83. The van der Waals surface area contributed by atoms with Gasteiger partial charge in [-0.2, -0.15) is 5.10 Å². The number of amides is 1. The maximum Gasteiger partial charge on any atom is 0.223 e. The number of rotatable bonds is 7. The summed E-state index contributed by atoms with van der Waals surface area (Å²) in [6.07, 6.45) is 2.30. The van der Waals surface area contributed by atoms with Crippen molar-refractivity contribution >= 4 is 11.9 Å². The Balaban J connectivity index is 1.64. The molecular formula is C18H26N6O2. The number of hydrogen-bond donors (Lipinski definition) is 1. The van der Waals surface area contributed by atoms with Crippen LogP contribution < -0.4 is 5.32 Å². The van der Waals surface area contributed by atoms with Crippen LogP contribution in [-0.4, -0.2) is 63.9 Å². The monoisotopic (exact) mass is 358 g/mol. The van der Waals surface area contributed by atoms with Gasteiger partial charge in [-0.3, -0.25) is 9.48 Å². The summed E-state index contributed by atoms with van der Waals surface area (Å²) in [5.41, 5.74) is 3.92. The van der Waals surface area contributed by atoms with Gasteiger partial charge in [-0.1, -0.05) is 0 Å². The lowest BCUT2D eigenvalue weighted by Gasteiger charge is -2.16. The molecule has 0 unspecified atom stereocenters. The third kappa shape index (κ3) is 3.85. The maximum absolute atomic E-state index is 12.0. The van der Waals surface area contributed by atoms with E-state index in [4.69, 9.17) is 4.74 Å². The summed E-state index contributed by atoms with van der Waals surface area (Å²) in [5, 5.41) is 7.73. The molecule has 1 saturated heterocycles. The van der Waals surface area contributed by atoms with E-state index in [0.717, 1.165) is 29.2 Å². The summed E-state index contributed by atoms with van der Waals surface area (Å²) in [7, 11) is 3.58. The van der Waals surface area contributed by atoms with Gasteiger partial charge >= 0.3 is 0 Å². The predicted molar refractivity (Wildman–Crippen MR) is 98.8 cm³/mol. The van der Waals surface area contributed by atoms with E-state index in [9.17, 15) is 4.79 Å². The first kappa shape index (κ1) is 18.3. The van der Waals surface area contributed by atoms with Crippen LogP contribution in [0.5, 0.6) is 0 Å². The molecule has 2 aromatic heterocycles. The minimum Gasteiger partial charge on any atom is -0.383 e. The molecule has 0 aromatic carbocycles. The molecule has 0 aliphatic carbocycles. The molecule has 2 aromatic rings. The Hall–Kier alpha value is -2.48. The van der Waals surface area contributed by atoms with Crippen LogP contribution in [0.4, 0.5) is 5.95 Å². The van der Waals surface area contributed by atoms with Crippen molar-refractivity contribution in [3.8, 4) is 11.3 Å². The van der Waals surface area contributed by atoms with Crippen molar-refractivity contribution in [3.63, 3.8) is 0 Å². The van der Waals surface area contributed by atoms with Crippen LogP contribution >= 0.6 is 0 Å². The van der Waals surface area contributed by atoms with Crippen LogP contribution in [0.25, 0.3) is 11.3 Å². The zero-order valence-electron chi connectivity index (χ0n) is 15.8. The first-order valence-electron chi connectivity index (χ1n) is 8.83. The Morgan fingerprint density at radius 1 is 1.38 bits per heavy atom. The summed E-state index contributed by atoms with van der Waals surface area (Å²) in [6, 6.07) is 1.90. The van der Waals surface area contributed by atoms with Gasteiger partial charge in [0.2, 0.25) is 11.9 Å². The second kappa shape index (κ2) is 7.82. The van der Waals surface area contributed by atoms with Crippen LogP contribution in [0.1, 0.15) is 17.8 Å². The number of aryl methyl sites for hydroxylation is 2. The molecule has 140 valence electrons. The second-order valence-corrected chi connectivity index (χ2v) is 6.72. The van der Waals surface area contributed by atoms with E-state index in [2.05, 4.69) is 20.4 Å². The Labute approximate surface area is 153 Å². The number of likely N-dealkylation sites (tertiary alicyclic amines) is 1. The lowest BCUT2D eigenvalue weighted by molar-refractivity contribution is -0.128. The molecule has 1 amide bonds. The smallest absolute Gasteiger partial charge is 0.223 e. The Morgan fingerprint density at radius 3 is 2.88 bits per heavy atom. The van der Waals surface area contributed by atoms with Crippen LogP contribution in [0.3, 0.4) is 0 Å². The number of anilines is 1. The van der Waals surface area contributed by atoms with E-state index in [1.165, 1.54) is 0 Å². The first-order valence-corrected chi connectivity index (χ1v) is 8.83. The quantitative estimate of drug-likeness (QED) is 0.805. The molecule has 8 heteroatoms. The van der Waals surface area contributed by atoms with Crippen LogP contribution in [0.2, 0.25) is 0 Å². The van der Waals surface area contributed by atoms with Gasteiger partial charge in [0.1, 0.15) is 0 Å². The fraction of sp³-hybridized carbons (Fsp3) is 0.556. The number of nitrogens with one attached hydrogen (secondary N) is 1. The number of carbonyl (C=O) groups is 1. The van der Waals surface area contributed by atoms with Gasteiger partial charge in [0.25, 0.3) is 0 Å². The Bertz CT molecular complexity index is 788. The second-order valence-electron chi connectivity index (χ2n) is 6.72. The van der Waals surface area contributed by atoms with Crippen LogP contribution in [0.15, 0.2) is 12.3 Å². The minimum atomic E-state index is 0.185. The standard InChI is InChI=1S/C18H26N6O2/c1-12-17(13(2)23(3)22-12)15-5-6-19-18(21-15)20-10-14-9-16(25)24(11-14)7-8-26-4/h5-6,14H,7-11H2,1-4H3,(H,19,20,21)/t14-/m0/s1. The summed E-state index contributed by atoms with van der Waals surface area (Å²) in [6.45, 7) is 6.65. The van der Waals surface area contributed by atoms with Crippen molar-refractivity contribution in [2.24, 2.45) is 13.0 Å². The third-order valence-electron chi connectivity index (χ3n) is 4.83. The van der Waals surface area contributed by atoms with Crippen molar-refractivity contribution < 1.29 is 9.53 Å². The Morgan fingerprint density at radius 2 is 2.19 bits per heavy atom. The predicted octanol–water partition coefficient (Wildman–Crippen LogP) is 1.40. The van der Waals surface area contributed by atoms with Crippen molar-refractivity contribution in [3.05, 3.63) is 23.7 Å². The number of ether oxygens (including phenoxy) is 1. The minimum absolute atomic E-state index is 0.185. The van der Waals surface area contributed by atoms with Gasteiger partial charge < -0.3 is 15.0 Å². The number of hydrogen-bond acceptors (Lipinski definition) is 6. The van der Waals surface area contributed by atoms with Crippen molar-refractivity contribution in [1.82, 2.24) is 24.6 Å². The average Bonchev–Trinajstić information content (AvgIpc) is 3.10. The molecule has 26 heavy (non-hydrogen) atoms. The molecule has 8 nitrogen and oxygen atoms in total. The number of nitrogens with zero attached hydrogens (tertiary/aromatic N) is 5. The van der Waals surface area contributed by atoms with Gasteiger partial charge in [-0.05, 0) is 19.9 Å². The molecule has 1 aliphatic rings. The van der Waals surface area contributed by atoms with Gasteiger partial charge in [0.15, 0.2) is 0 Å². The van der Waals surface area contributed by atoms with Gasteiger partial charge in [-0.25, -0.2) is 9.97 Å². The molecule has 3 heterocycles. The van der Waals surface area contributed by atoms with Crippen molar-refractivity contribution in [2.75, 3.05) is 38.7 Å². The topological polar surface area (TPSA) is 85.2 Å². The normalized spacial score (nSPS) is 17.2. The molecule has 0 spiro atoms. The molecule has 0 radical (unpaired) electrons. The molecular weight excluding hydrogens is 332 g/mol. The van der Waals surface area contributed by atoms with E-state index in [1.54, 1.807) is 13.3 Å². The molecule has 0 saturated carbocycles. The zero-order valence-corrected chi connectivity index (χ0v) is 15.8. The van der Waals surface area contributed by atoms with Crippen LogP contribution in [-0.2, 0) is 16.6 Å². The summed E-state index contributed by atoms with van der Waals surface area (Å²) < 4.78 is 6.92. The number of aromatic nitrogens is 4. The molecule has 1 N–H and O–H groups in total. The summed E-state index contributed by atoms with van der Waals surface area (Å²) in [5.74, 6) is 1.02. The highest BCUT2D eigenvalue weighted by molar-refractivity contribution is 5.78. The van der Waals surface area contributed by atoms with E-state index in [0.29, 0.717) is 32.1 Å². The Kier molecular flexibility index (Phi) is 5.51. The summed E-state index contributed by atoms with van der Waals surface area (Å²) in [4.78, 5) is 22.8. The van der Waals surface area contributed by atoms with Gasteiger partial charge in [0, 0.05) is 63.6 Å². The number of carbonyl (C=O) groups excluding carboxylic acids is 1. The van der Waals surface area contributed by atoms with Gasteiger partial charge in [-0.15, -0.1) is 0 Å². The highest BCUT2D eigenvalue weighted by atomic mass is 16.5. The van der Waals surface area contributed by atoms with E-state index < -0.39 is 0 Å². The van der Waals surface area contributed by atoms with Crippen LogP contribution in [0, 0.1) is 19.8 Å². The molecule has 1 aliphatic heterocycles. The lowest BCUT2D eigenvalue weighted by atomic mass is 10.1. The van der Waals surface area contributed by atoms with Crippen molar-refractivity contribution in [2.45, 2.75) is 20.3 Å². The summed E-state index contributed by atoms with van der Waals surface area (Å²) >= 11 is 0. The fourth-order valence-corrected chi connectivity index (χ4v) is 3.37. The fourth-order valence-electron chi connectivity index (χ4n) is 3.37. The zero-order chi connectivity index (χ0) is 18.7. The van der Waals surface area contributed by atoms with Gasteiger partial charge in [0.05, 0.1) is 18.0 Å². The molecule has 0 bridgehead atoms. The van der Waals surface area contributed by atoms with E-state index >= 15 is 0 Å². The molecule has 3 rings (SSSR count). The molecule has 1 fully saturated rings. The van der Waals surface area contributed by atoms with E-state index in [1.807, 2.05) is 36.5 Å². The first-order chi connectivity index (χ1) is 12.5. The van der Waals surface area contributed by atoms with E-state index in [-0.39, 0.29) is 11.8 Å². The SMILES string of the molecule is COCCN1C[C@H](CNc2nccc(-c3c(C)nn(C)c3C)n2)CC1=O. The molecule has 1 atom stereocenters. The number of methoxy groups -OCH3 is 1. The largest absolute Gasteiger partial charge is 0.383 e.